The number of likely N-dealkylation sites (tertiary alicyclic amines) is 1. The minimum atomic E-state index is -1.03. The molecule has 4 amide bonds. The van der Waals surface area contributed by atoms with E-state index in [9.17, 15) is 19.2 Å². The Morgan fingerprint density at radius 3 is 2.30 bits per heavy atom. The van der Waals surface area contributed by atoms with Crippen molar-refractivity contribution in [2.24, 2.45) is 17.8 Å². The van der Waals surface area contributed by atoms with Crippen molar-refractivity contribution in [3.05, 3.63) is 18.2 Å². The first-order valence-corrected chi connectivity index (χ1v) is 16.3. The van der Waals surface area contributed by atoms with E-state index in [0.717, 1.165) is 12.8 Å². The molecule has 46 heavy (non-hydrogen) atoms. The van der Waals surface area contributed by atoms with Crippen molar-refractivity contribution in [3.8, 4) is 5.75 Å². The van der Waals surface area contributed by atoms with Gasteiger partial charge in [-0.3, -0.25) is 14.4 Å². The van der Waals surface area contributed by atoms with Crippen molar-refractivity contribution in [1.82, 2.24) is 10.2 Å². The molecule has 2 saturated heterocycles. The molecule has 0 saturated carbocycles. The normalized spacial score (nSPS) is 22.0. The first-order chi connectivity index (χ1) is 21.5. The van der Waals surface area contributed by atoms with Crippen LogP contribution in [0.1, 0.15) is 74.1 Å². The van der Waals surface area contributed by atoms with Crippen LogP contribution in [0.4, 0.5) is 16.2 Å². The lowest BCUT2D eigenvalue weighted by Gasteiger charge is -2.41. The maximum absolute atomic E-state index is 13.8. The van der Waals surface area contributed by atoms with Crippen LogP contribution in [0.2, 0.25) is 0 Å². The number of nitrogens with one attached hydrogen (secondary N) is 2. The molecule has 0 unspecified atom stereocenters. The molecule has 3 heterocycles. The Labute approximate surface area is 272 Å². The Kier molecular flexibility index (Phi) is 10.9. The summed E-state index contributed by atoms with van der Waals surface area (Å²) in [6, 6.07) is 5.19. The summed E-state index contributed by atoms with van der Waals surface area (Å²) in [6.45, 7) is 15.3. The van der Waals surface area contributed by atoms with Gasteiger partial charge in [-0.2, -0.15) is 0 Å². The Morgan fingerprint density at radius 2 is 1.67 bits per heavy atom. The molecule has 2 N–H and O–H groups in total. The van der Waals surface area contributed by atoms with Gasteiger partial charge >= 0.3 is 6.09 Å². The molecule has 1 aromatic rings. The number of amides is 4. The minimum absolute atomic E-state index is 0.109. The summed E-state index contributed by atoms with van der Waals surface area (Å²) in [5.74, 6) is -1.19. The Bertz CT molecular complexity index is 1280. The van der Waals surface area contributed by atoms with E-state index >= 15 is 0 Å². The number of nitrogens with zero attached hydrogens (tertiary/aromatic N) is 2. The summed E-state index contributed by atoms with van der Waals surface area (Å²) in [5.41, 5.74) is -1.20. The third-order valence-electron chi connectivity index (χ3n) is 8.90. The van der Waals surface area contributed by atoms with E-state index in [-0.39, 0.29) is 43.1 Å². The predicted octanol–water partition coefficient (Wildman–Crippen LogP) is 4.36. The lowest BCUT2D eigenvalue weighted by molar-refractivity contribution is -0.133. The van der Waals surface area contributed by atoms with Crippen LogP contribution in [-0.4, -0.2) is 92.0 Å². The average Bonchev–Trinajstić information content (AvgIpc) is 2.98. The van der Waals surface area contributed by atoms with Gasteiger partial charge in [-0.25, -0.2) is 4.79 Å². The fourth-order valence-electron chi connectivity index (χ4n) is 6.37. The van der Waals surface area contributed by atoms with Gasteiger partial charge in [0.1, 0.15) is 11.4 Å². The van der Waals surface area contributed by atoms with Crippen LogP contribution in [0.25, 0.3) is 0 Å². The number of piperidine rings is 1. The minimum Gasteiger partial charge on any atom is -0.476 e. The third-order valence-corrected chi connectivity index (χ3v) is 8.90. The van der Waals surface area contributed by atoms with Crippen molar-refractivity contribution >= 4 is 35.2 Å². The van der Waals surface area contributed by atoms with E-state index in [1.807, 2.05) is 13.8 Å². The van der Waals surface area contributed by atoms with Gasteiger partial charge in [-0.1, -0.05) is 0 Å². The van der Waals surface area contributed by atoms with Crippen molar-refractivity contribution in [2.45, 2.75) is 90.9 Å². The first kappa shape index (κ1) is 35.5. The SMILES string of the molecule is COCCCN1C(=O)C(C)(C)Oc2ccc(NC(=O)[C@@H]3C[C@H](C(=O)NC(C)(C)C4CCOCC4)CN(C(=O)OC(C)(C)C)C3)cc21. The summed E-state index contributed by atoms with van der Waals surface area (Å²) >= 11 is 0. The van der Waals surface area contributed by atoms with Gasteiger partial charge in [0.15, 0.2) is 5.60 Å². The summed E-state index contributed by atoms with van der Waals surface area (Å²) < 4.78 is 22.3. The number of methoxy groups -OCH3 is 1. The molecule has 256 valence electrons. The molecule has 3 aliphatic heterocycles. The standard InChI is InChI=1S/C34H52N4O8/c1-32(2,3)46-31(42)37-20-22(18-23(21-37)29(40)36-33(4,5)24-12-16-44-17-13-24)28(39)35-25-10-11-27-26(19-25)38(14-9-15-43-8)30(41)34(6,7)45-27/h10-11,19,22-24H,9,12-18,20-21H2,1-8H3,(H,35,39)(H,36,40)/t22-,23+/m1/s1. The highest BCUT2D eigenvalue weighted by molar-refractivity contribution is 6.03. The molecule has 2 atom stereocenters. The number of hydrogen-bond acceptors (Lipinski definition) is 8. The molecule has 0 aliphatic carbocycles. The van der Waals surface area contributed by atoms with Crippen molar-refractivity contribution in [2.75, 3.05) is 56.8 Å². The smallest absolute Gasteiger partial charge is 0.410 e. The van der Waals surface area contributed by atoms with Crippen molar-refractivity contribution < 1.29 is 38.1 Å². The van der Waals surface area contributed by atoms with Gasteiger partial charge in [0.05, 0.1) is 17.5 Å². The summed E-state index contributed by atoms with van der Waals surface area (Å²) in [4.78, 5) is 57.1. The molecule has 0 bridgehead atoms. The molecule has 4 rings (SSSR count). The van der Waals surface area contributed by atoms with Crippen LogP contribution < -0.4 is 20.3 Å². The summed E-state index contributed by atoms with van der Waals surface area (Å²) in [7, 11) is 1.61. The van der Waals surface area contributed by atoms with Crippen LogP contribution in [0.5, 0.6) is 5.75 Å². The van der Waals surface area contributed by atoms with Crippen LogP contribution >= 0.6 is 0 Å². The zero-order valence-corrected chi connectivity index (χ0v) is 28.7. The topological polar surface area (TPSA) is 136 Å². The highest BCUT2D eigenvalue weighted by atomic mass is 16.6. The lowest BCUT2D eigenvalue weighted by Crippen LogP contribution is -2.56. The van der Waals surface area contributed by atoms with Crippen LogP contribution in [-0.2, 0) is 28.6 Å². The van der Waals surface area contributed by atoms with Crippen LogP contribution in [0, 0.1) is 17.8 Å². The number of hydrogen-bond donors (Lipinski definition) is 2. The average molecular weight is 645 g/mol. The molecule has 0 aromatic heterocycles. The second-order valence-electron chi connectivity index (χ2n) is 14.7. The van der Waals surface area contributed by atoms with E-state index in [4.69, 9.17) is 18.9 Å². The van der Waals surface area contributed by atoms with Crippen molar-refractivity contribution in [3.63, 3.8) is 0 Å². The molecule has 1 aromatic carbocycles. The Hall–Kier alpha value is -3.38. The zero-order chi connectivity index (χ0) is 33.9. The maximum Gasteiger partial charge on any atom is 0.410 e. The molecule has 2 fully saturated rings. The van der Waals surface area contributed by atoms with Crippen LogP contribution in [0.3, 0.4) is 0 Å². The second kappa shape index (κ2) is 14.2. The molecular weight excluding hydrogens is 592 g/mol. The lowest BCUT2D eigenvalue weighted by atomic mass is 9.80. The molecule has 0 spiro atoms. The molecule has 3 aliphatic rings. The fraction of sp³-hybridized carbons (Fsp3) is 0.706. The van der Waals surface area contributed by atoms with E-state index < -0.39 is 34.7 Å². The molecule has 12 nitrogen and oxygen atoms in total. The zero-order valence-electron chi connectivity index (χ0n) is 28.7. The number of benzene rings is 1. The van der Waals surface area contributed by atoms with Gasteiger partial charge < -0.3 is 39.4 Å². The summed E-state index contributed by atoms with van der Waals surface area (Å²) in [5, 5.41) is 6.19. The second-order valence-corrected chi connectivity index (χ2v) is 14.7. The highest BCUT2D eigenvalue weighted by Gasteiger charge is 2.43. The van der Waals surface area contributed by atoms with Crippen molar-refractivity contribution in [1.29, 1.82) is 0 Å². The summed E-state index contributed by atoms with van der Waals surface area (Å²) in [6.07, 6.45) is 2.04. The predicted molar refractivity (Wildman–Crippen MR) is 174 cm³/mol. The van der Waals surface area contributed by atoms with E-state index in [0.29, 0.717) is 49.9 Å². The molecule has 0 radical (unpaired) electrons. The quantitative estimate of drug-likeness (QED) is 0.379. The number of fused-ring (bicyclic) bond motifs is 1. The Morgan fingerprint density at radius 1 is 1.02 bits per heavy atom. The largest absolute Gasteiger partial charge is 0.476 e. The fourth-order valence-corrected chi connectivity index (χ4v) is 6.37. The van der Waals surface area contributed by atoms with Gasteiger partial charge in [0.2, 0.25) is 11.8 Å². The van der Waals surface area contributed by atoms with E-state index in [1.54, 1.807) is 64.8 Å². The van der Waals surface area contributed by atoms with Gasteiger partial charge in [-0.15, -0.1) is 0 Å². The van der Waals surface area contributed by atoms with E-state index in [1.165, 1.54) is 4.90 Å². The monoisotopic (exact) mass is 644 g/mol. The number of carbonyl (C=O) groups excluding carboxylic acids is 4. The number of anilines is 2. The third kappa shape index (κ3) is 8.70. The number of ether oxygens (including phenoxy) is 4. The van der Waals surface area contributed by atoms with Gasteiger partial charge in [0.25, 0.3) is 5.91 Å². The number of rotatable bonds is 9. The maximum atomic E-state index is 13.8. The molecular formula is C34H52N4O8. The first-order valence-electron chi connectivity index (χ1n) is 16.3. The number of carbonyl (C=O) groups is 4. The van der Waals surface area contributed by atoms with E-state index in [2.05, 4.69) is 10.6 Å². The molecule has 12 heteroatoms. The Balaban J connectivity index is 1.53. The van der Waals surface area contributed by atoms with Gasteiger partial charge in [-0.05, 0) is 98.3 Å². The highest BCUT2D eigenvalue weighted by Crippen LogP contribution is 2.40. The van der Waals surface area contributed by atoms with Crippen LogP contribution in [0.15, 0.2) is 18.2 Å². The van der Waals surface area contributed by atoms with Gasteiger partial charge in [0, 0.05) is 57.8 Å².